The monoisotopic (exact) mass is 441 g/mol. The molecule has 0 aliphatic heterocycles. The molecule has 3 rings (SSSR count). The summed E-state index contributed by atoms with van der Waals surface area (Å²) in [5.74, 6) is 7.44. The number of ether oxygens (including phenoxy) is 1. The largest absolute Gasteiger partial charge is 0.444 e. The molecule has 0 spiro atoms. The van der Waals surface area contributed by atoms with E-state index >= 15 is 0 Å². The van der Waals surface area contributed by atoms with Gasteiger partial charge in [0.25, 0.3) is 0 Å². The maximum Gasteiger partial charge on any atom is 0.407 e. The topological polar surface area (TPSA) is 140 Å². The number of fused-ring (bicyclic) bond motifs is 1. The van der Waals surface area contributed by atoms with Crippen molar-refractivity contribution in [3.05, 3.63) is 29.7 Å². The van der Waals surface area contributed by atoms with Gasteiger partial charge in [-0.3, -0.25) is 0 Å². The van der Waals surface area contributed by atoms with Crippen molar-refractivity contribution < 1.29 is 14.1 Å². The zero-order valence-electron chi connectivity index (χ0n) is 19.2. The Morgan fingerprint density at radius 2 is 1.81 bits per heavy atom. The molecule has 172 valence electrons. The Morgan fingerprint density at radius 1 is 1.09 bits per heavy atom. The molecular weight excluding hydrogens is 410 g/mol. The summed E-state index contributed by atoms with van der Waals surface area (Å²) in [5, 5.41) is 10.0. The van der Waals surface area contributed by atoms with Gasteiger partial charge in [0.05, 0.1) is 16.7 Å². The number of nitrogens with one attached hydrogen (secondary N) is 3. The van der Waals surface area contributed by atoms with Gasteiger partial charge in [0, 0.05) is 18.7 Å². The Bertz CT molecular complexity index is 1070. The number of benzene rings is 1. The average molecular weight is 442 g/mol. The number of amides is 1. The van der Waals surface area contributed by atoms with E-state index in [1.165, 1.54) is 0 Å². The van der Waals surface area contributed by atoms with Crippen LogP contribution in [0.5, 0.6) is 0 Å². The summed E-state index contributed by atoms with van der Waals surface area (Å²) in [5.41, 5.74) is 6.31. The van der Waals surface area contributed by atoms with Crippen molar-refractivity contribution in [1.82, 2.24) is 20.4 Å². The SMILES string of the molecule is Cc1noc(C)c1-c1ccc2nc(NN)c(NCCCCNC(=O)OC(C)(C)C)nc2c1. The minimum Gasteiger partial charge on any atom is -0.444 e. The number of alkyl carbamates (subject to hydrolysis) is 1. The molecule has 0 fully saturated rings. The van der Waals surface area contributed by atoms with E-state index in [-0.39, 0.29) is 0 Å². The molecule has 10 heteroatoms. The van der Waals surface area contributed by atoms with Crippen molar-refractivity contribution in [3.63, 3.8) is 0 Å². The van der Waals surface area contributed by atoms with Crippen LogP contribution in [0.1, 0.15) is 45.1 Å². The zero-order valence-corrected chi connectivity index (χ0v) is 19.2. The molecule has 0 aliphatic rings. The first-order valence-electron chi connectivity index (χ1n) is 10.6. The highest BCUT2D eigenvalue weighted by Gasteiger charge is 2.16. The fourth-order valence-electron chi connectivity index (χ4n) is 3.29. The normalized spacial score (nSPS) is 11.4. The molecular formula is C22H31N7O3. The highest BCUT2D eigenvalue weighted by Crippen LogP contribution is 2.30. The van der Waals surface area contributed by atoms with Gasteiger partial charge in [0.1, 0.15) is 11.4 Å². The van der Waals surface area contributed by atoms with Gasteiger partial charge < -0.3 is 25.3 Å². The van der Waals surface area contributed by atoms with E-state index in [1.807, 2.05) is 52.8 Å². The van der Waals surface area contributed by atoms with E-state index in [9.17, 15) is 4.79 Å². The predicted molar refractivity (Wildman–Crippen MR) is 124 cm³/mol. The van der Waals surface area contributed by atoms with E-state index in [0.29, 0.717) is 24.7 Å². The Kier molecular flexibility index (Phi) is 7.14. The van der Waals surface area contributed by atoms with Gasteiger partial charge in [-0.2, -0.15) is 0 Å². The smallest absolute Gasteiger partial charge is 0.407 e. The molecule has 32 heavy (non-hydrogen) atoms. The second kappa shape index (κ2) is 9.82. The van der Waals surface area contributed by atoms with Crippen LogP contribution in [-0.4, -0.2) is 39.9 Å². The number of aromatic nitrogens is 3. The lowest BCUT2D eigenvalue weighted by atomic mass is 10.0. The molecule has 10 nitrogen and oxygen atoms in total. The molecule has 0 atom stereocenters. The number of unbranched alkanes of at least 4 members (excludes halogenated alkanes) is 1. The minimum absolute atomic E-state index is 0.408. The number of anilines is 2. The summed E-state index contributed by atoms with van der Waals surface area (Å²) in [4.78, 5) is 20.9. The van der Waals surface area contributed by atoms with Gasteiger partial charge in [-0.15, -0.1) is 0 Å². The summed E-state index contributed by atoms with van der Waals surface area (Å²) in [6, 6.07) is 5.83. The van der Waals surface area contributed by atoms with Gasteiger partial charge in [-0.25, -0.2) is 20.6 Å². The lowest BCUT2D eigenvalue weighted by Crippen LogP contribution is -2.33. The number of nitrogens with two attached hydrogens (primary N) is 1. The van der Waals surface area contributed by atoms with Gasteiger partial charge in [-0.1, -0.05) is 11.2 Å². The van der Waals surface area contributed by atoms with Gasteiger partial charge in [0.15, 0.2) is 11.6 Å². The molecule has 2 aromatic heterocycles. The van der Waals surface area contributed by atoms with E-state index in [4.69, 9.17) is 20.1 Å². The summed E-state index contributed by atoms with van der Waals surface area (Å²) in [6.07, 6.45) is 1.20. The maximum atomic E-state index is 11.7. The van der Waals surface area contributed by atoms with Crippen molar-refractivity contribution in [1.29, 1.82) is 0 Å². The Balaban J connectivity index is 1.62. The van der Waals surface area contributed by atoms with Crippen LogP contribution in [0.4, 0.5) is 16.4 Å². The molecule has 3 aromatic rings. The zero-order chi connectivity index (χ0) is 23.3. The first kappa shape index (κ1) is 23.3. The number of nitrogen functional groups attached to an aromatic ring is 1. The van der Waals surface area contributed by atoms with E-state index in [1.54, 1.807) is 0 Å². The number of hydrogen-bond donors (Lipinski definition) is 4. The number of carbonyl (C=O) groups is 1. The minimum atomic E-state index is -0.503. The quantitative estimate of drug-likeness (QED) is 0.233. The molecule has 0 radical (unpaired) electrons. The van der Waals surface area contributed by atoms with Gasteiger partial charge in [0.2, 0.25) is 0 Å². The van der Waals surface area contributed by atoms with Gasteiger partial charge in [-0.05, 0) is 65.2 Å². The molecule has 5 N–H and O–H groups in total. The first-order chi connectivity index (χ1) is 15.2. The second-order valence-electron chi connectivity index (χ2n) is 8.53. The van der Waals surface area contributed by atoms with E-state index in [0.717, 1.165) is 46.5 Å². The van der Waals surface area contributed by atoms with Gasteiger partial charge >= 0.3 is 6.09 Å². The lowest BCUT2D eigenvalue weighted by molar-refractivity contribution is 0.0527. The van der Waals surface area contributed by atoms with Crippen LogP contribution in [0.3, 0.4) is 0 Å². The molecule has 0 unspecified atom stereocenters. The Hall–Kier alpha value is -3.40. The number of aryl methyl sites for hydroxylation is 2. The summed E-state index contributed by atoms with van der Waals surface area (Å²) >= 11 is 0. The van der Waals surface area contributed by atoms with Crippen molar-refractivity contribution in [2.24, 2.45) is 5.84 Å². The number of hydrazine groups is 1. The van der Waals surface area contributed by atoms with E-state index < -0.39 is 11.7 Å². The third kappa shape index (κ3) is 5.85. The predicted octanol–water partition coefficient (Wildman–Crippen LogP) is 3.90. The van der Waals surface area contributed by atoms with Crippen LogP contribution in [-0.2, 0) is 4.74 Å². The fourth-order valence-corrected chi connectivity index (χ4v) is 3.29. The van der Waals surface area contributed by atoms with Crippen LogP contribution < -0.4 is 21.9 Å². The molecule has 1 aromatic carbocycles. The van der Waals surface area contributed by atoms with Crippen LogP contribution in [0, 0.1) is 13.8 Å². The summed E-state index contributed by atoms with van der Waals surface area (Å²) in [7, 11) is 0. The molecule has 1 amide bonds. The average Bonchev–Trinajstić information content (AvgIpc) is 3.06. The Morgan fingerprint density at radius 3 is 2.47 bits per heavy atom. The lowest BCUT2D eigenvalue weighted by Gasteiger charge is -2.19. The number of nitrogens with zero attached hydrogens (tertiary/aromatic N) is 3. The van der Waals surface area contributed by atoms with Crippen LogP contribution in [0.2, 0.25) is 0 Å². The van der Waals surface area contributed by atoms with Crippen LogP contribution in [0.15, 0.2) is 22.7 Å². The van der Waals surface area contributed by atoms with Crippen molar-refractivity contribution in [2.75, 3.05) is 23.8 Å². The summed E-state index contributed by atoms with van der Waals surface area (Å²) in [6.45, 7) is 10.5. The number of hydrogen-bond acceptors (Lipinski definition) is 9. The standard InChI is InChI=1S/C22H31N7O3/c1-13-18(14(2)32-29-13)15-8-9-16-17(12-15)27-19(20(26-16)28-23)24-10-6-7-11-25-21(30)31-22(3,4)5/h8-9,12H,6-7,10-11,23H2,1-5H3,(H,24,27)(H,25,30)(H,26,28). The van der Waals surface area contributed by atoms with Crippen molar-refractivity contribution in [3.8, 4) is 11.1 Å². The highest BCUT2D eigenvalue weighted by atomic mass is 16.6. The van der Waals surface area contributed by atoms with Crippen molar-refractivity contribution >= 4 is 28.8 Å². The third-order valence-electron chi connectivity index (χ3n) is 4.69. The highest BCUT2D eigenvalue weighted by molar-refractivity contribution is 5.85. The van der Waals surface area contributed by atoms with Crippen LogP contribution >= 0.6 is 0 Å². The molecule has 0 aliphatic carbocycles. The Labute approximate surface area is 187 Å². The molecule has 0 saturated heterocycles. The fraction of sp³-hybridized carbons (Fsp3) is 0.455. The van der Waals surface area contributed by atoms with E-state index in [2.05, 4.69) is 26.2 Å². The van der Waals surface area contributed by atoms with Crippen LogP contribution in [0.25, 0.3) is 22.2 Å². The first-order valence-corrected chi connectivity index (χ1v) is 10.6. The van der Waals surface area contributed by atoms with Crippen molar-refractivity contribution in [2.45, 2.75) is 53.1 Å². The maximum absolute atomic E-state index is 11.7. The molecule has 2 heterocycles. The number of rotatable bonds is 8. The summed E-state index contributed by atoms with van der Waals surface area (Å²) < 4.78 is 10.5. The third-order valence-corrected chi connectivity index (χ3v) is 4.69. The molecule has 0 saturated carbocycles. The second-order valence-corrected chi connectivity index (χ2v) is 8.53. The number of carbonyl (C=O) groups excluding carboxylic acids is 1. The molecule has 0 bridgehead atoms.